The highest BCUT2D eigenvalue weighted by atomic mass is 15.1. The number of nitrogens with zero attached hydrogens (tertiary/aromatic N) is 2. The standard InChI is InChI=1S/C15H20N4/c1-5-12-6-8-13(9-7-12)19-15-10(2)14(16-4)17-11(3)18-15/h6-9H,5H2,1-4H3,(H2,16,17,18,19). The molecule has 0 saturated heterocycles. The smallest absolute Gasteiger partial charge is 0.139 e. The number of rotatable bonds is 4. The zero-order valence-corrected chi connectivity index (χ0v) is 11.9. The molecule has 0 atom stereocenters. The van der Waals surface area contributed by atoms with Crippen LogP contribution in [0.1, 0.15) is 23.9 Å². The Morgan fingerprint density at radius 2 is 1.63 bits per heavy atom. The summed E-state index contributed by atoms with van der Waals surface area (Å²) in [4.78, 5) is 8.82. The fourth-order valence-corrected chi connectivity index (χ4v) is 1.95. The van der Waals surface area contributed by atoms with Gasteiger partial charge in [0.2, 0.25) is 0 Å². The highest BCUT2D eigenvalue weighted by Crippen LogP contribution is 2.23. The number of anilines is 3. The van der Waals surface area contributed by atoms with Crippen molar-refractivity contribution in [2.24, 2.45) is 0 Å². The molecule has 0 saturated carbocycles. The molecule has 100 valence electrons. The van der Waals surface area contributed by atoms with Gasteiger partial charge in [-0.1, -0.05) is 19.1 Å². The van der Waals surface area contributed by atoms with E-state index in [2.05, 4.69) is 51.8 Å². The van der Waals surface area contributed by atoms with Crippen LogP contribution >= 0.6 is 0 Å². The summed E-state index contributed by atoms with van der Waals surface area (Å²) in [6.07, 6.45) is 1.05. The Bertz CT molecular complexity index is 561. The minimum Gasteiger partial charge on any atom is -0.373 e. The Morgan fingerprint density at radius 1 is 1.00 bits per heavy atom. The first-order valence-electron chi connectivity index (χ1n) is 6.53. The van der Waals surface area contributed by atoms with E-state index in [4.69, 9.17) is 0 Å². The number of hydrogen-bond acceptors (Lipinski definition) is 4. The maximum absolute atomic E-state index is 4.46. The van der Waals surface area contributed by atoms with Crippen LogP contribution in [0.4, 0.5) is 17.3 Å². The largest absolute Gasteiger partial charge is 0.373 e. The van der Waals surface area contributed by atoms with Crippen molar-refractivity contribution in [2.75, 3.05) is 17.7 Å². The molecule has 1 aromatic heterocycles. The Morgan fingerprint density at radius 3 is 2.21 bits per heavy atom. The van der Waals surface area contributed by atoms with E-state index in [-0.39, 0.29) is 0 Å². The average molecular weight is 256 g/mol. The molecule has 2 rings (SSSR count). The number of aryl methyl sites for hydroxylation is 2. The van der Waals surface area contributed by atoms with Gasteiger partial charge in [-0.3, -0.25) is 0 Å². The van der Waals surface area contributed by atoms with Crippen LogP contribution in [0, 0.1) is 13.8 Å². The molecule has 0 aliphatic rings. The molecule has 0 bridgehead atoms. The van der Waals surface area contributed by atoms with Gasteiger partial charge >= 0.3 is 0 Å². The molecular formula is C15H20N4. The molecule has 0 spiro atoms. The molecule has 0 aliphatic carbocycles. The van der Waals surface area contributed by atoms with Crippen molar-refractivity contribution < 1.29 is 0 Å². The topological polar surface area (TPSA) is 49.8 Å². The molecule has 2 N–H and O–H groups in total. The van der Waals surface area contributed by atoms with Gasteiger partial charge in [0, 0.05) is 18.3 Å². The molecule has 2 aromatic rings. The first-order valence-corrected chi connectivity index (χ1v) is 6.53. The van der Waals surface area contributed by atoms with Crippen LogP contribution in [0.15, 0.2) is 24.3 Å². The van der Waals surface area contributed by atoms with Crippen molar-refractivity contribution in [3.63, 3.8) is 0 Å². The zero-order valence-electron chi connectivity index (χ0n) is 11.9. The van der Waals surface area contributed by atoms with Gasteiger partial charge in [0.05, 0.1) is 0 Å². The lowest BCUT2D eigenvalue weighted by atomic mass is 10.1. The molecule has 4 heteroatoms. The van der Waals surface area contributed by atoms with Gasteiger partial charge < -0.3 is 10.6 Å². The van der Waals surface area contributed by atoms with Gasteiger partial charge in [0.1, 0.15) is 17.5 Å². The molecule has 0 aliphatic heterocycles. The normalized spacial score (nSPS) is 10.3. The summed E-state index contributed by atoms with van der Waals surface area (Å²) in [6.45, 7) is 6.05. The molecule has 4 nitrogen and oxygen atoms in total. The third-order valence-corrected chi connectivity index (χ3v) is 3.12. The van der Waals surface area contributed by atoms with Gasteiger partial charge in [-0.2, -0.15) is 0 Å². The monoisotopic (exact) mass is 256 g/mol. The summed E-state index contributed by atoms with van der Waals surface area (Å²) in [5.41, 5.74) is 3.39. The van der Waals surface area contributed by atoms with Gasteiger partial charge in [0.25, 0.3) is 0 Å². The number of nitrogens with one attached hydrogen (secondary N) is 2. The molecular weight excluding hydrogens is 236 g/mol. The molecule has 19 heavy (non-hydrogen) atoms. The maximum atomic E-state index is 4.46. The quantitative estimate of drug-likeness (QED) is 0.879. The molecule has 0 fully saturated rings. The molecule has 1 aromatic carbocycles. The first kappa shape index (κ1) is 13.3. The Labute approximate surface area is 114 Å². The highest BCUT2D eigenvalue weighted by Gasteiger charge is 2.08. The number of benzene rings is 1. The minimum atomic E-state index is 0.752. The highest BCUT2D eigenvalue weighted by molar-refractivity contribution is 5.64. The number of aromatic nitrogens is 2. The summed E-state index contributed by atoms with van der Waals surface area (Å²) in [6, 6.07) is 8.42. The van der Waals surface area contributed by atoms with Gasteiger partial charge in [-0.25, -0.2) is 9.97 Å². The SMILES string of the molecule is CCc1ccc(Nc2nc(C)nc(NC)c2C)cc1. The van der Waals surface area contributed by atoms with E-state index < -0.39 is 0 Å². The van der Waals surface area contributed by atoms with Gasteiger partial charge in [-0.15, -0.1) is 0 Å². The first-order chi connectivity index (χ1) is 9.13. The lowest BCUT2D eigenvalue weighted by molar-refractivity contribution is 1.03. The summed E-state index contributed by atoms with van der Waals surface area (Å²) >= 11 is 0. The summed E-state index contributed by atoms with van der Waals surface area (Å²) in [5, 5.41) is 6.44. The van der Waals surface area contributed by atoms with Gasteiger partial charge in [-0.05, 0) is 38.0 Å². The van der Waals surface area contributed by atoms with Crippen molar-refractivity contribution >= 4 is 17.3 Å². The van der Waals surface area contributed by atoms with E-state index in [0.29, 0.717) is 0 Å². The van der Waals surface area contributed by atoms with Gasteiger partial charge in [0.15, 0.2) is 0 Å². The fourth-order valence-electron chi connectivity index (χ4n) is 1.95. The third kappa shape index (κ3) is 3.02. The number of hydrogen-bond donors (Lipinski definition) is 2. The van der Waals surface area contributed by atoms with Crippen molar-refractivity contribution in [3.05, 3.63) is 41.2 Å². The molecule has 0 radical (unpaired) electrons. The van der Waals surface area contributed by atoms with Crippen LogP contribution in [-0.4, -0.2) is 17.0 Å². The fraction of sp³-hybridized carbons (Fsp3) is 0.333. The summed E-state index contributed by atoms with van der Waals surface area (Å²) < 4.78 is 0. The zero-order chi connectivity index (χ0) is 13.8. The van der Waals surface area contributed by atoms with E-state index in [9.17, 15) is 0 Å². The molecule has 0 unspecified atom stereocenters. The second-order valence-corrected chi connectivity index (χ2v) is 4.52. The second-order valence-electron chi connectivity index (χ2n) is 4.52. The van der Waals surface area contributed by atoms with Crippen LogP contribution in [0.2, 0.25) is 0 Å². The van der Waals surface area contributed by atoms with E-state index >= 15 is 0 Å². The summed E-state index contributed by atoms with van der Waals surface area (Å²) in [7, 11) is 1.87. The van der Waals surface area contributed by atoms with Crippen molar-refractivity contribution in [1.29, 1.82) is 0 Å². The Kier molecular flexibility index (Phi) is 4.00. The van der Waals surface area contributed by atoms with Crippen molar-refractivity contribution in [1.82, 2.24) is 9.97 Å². The molecule has 1 heterocycles. The van der Waals surface area contributed by atoms with E-state index in [0.717, 1.165) is 35.1 Å². The lowest BCUT2D eigenvalue weighted by Crippen LogP contribution is -2.05. The maximum Gasteiger partial charge on any atom is 0.139 e. The van der Waals surface area contributed by atoms with Crippen molar-refractivity contribution in [3.8, 4) is 0 Å². The Hall–Kier alpha value is -2.10. The van der Waals surface area contributed by atoms with E-state index in [1.807, 2.05) is 20.9 Å². The average Bonchev–Trinajstić information content (AvgIpc) is 2.43. The Balaban J connectivity index is 2.29. The second kappa shape index (κ2) is 5.69. The predicted octanol–water partition coefficient (Wildman–Crippen LogP) is 3.44. The van der Waals surface area contributed by atoms with Crippen molar-refractivity contribution in [2.45, 2.75) is 27.2 Å². The van der Waals surface area contributed by atoms with Crippen LogP contribution in [0.5, 0.6) is 0 Å². The molecule has 0 amide bonds. The lowest BCUT2D eigenvalue weighted by Gasteiger charge is -2.12. The van der Waals surface area contributed by atoms with Crippen LogP contribution in [0.3, 0.4) is 0 Å². The van der Waals surface area contributed by atoms with Crippen LogP contribution < -0.4 is 10.6 Å². The minimum absolute atomic E-state index is 0.752. The van der Waals surface area contributed by atoms with E-state index in [1.165, 1.54) is 5.56 Å². The predicted molar refractivity (Wildman–Crippen MR) is 80.2 cm³/mol. The third-order valence-electron chi connectivity index (χ3n) is 3.12. The van der Waals surface area contributed by atoms with Crippen LogP contribution in [0.25, 0.3) is 0 Å². The van der Waals surface area contributed by atoms with E-state index in [1.54, 1.807) is 0 Å². The van der Waals surface area contributed by atoms with Crippen LogP contribution in [-0.2, 0) is 6.42 Å². The summed E-state index contributed by atoms with van der Waals surface area (Å²) in [5.74, 6) is 2.46.